The highest BCUT2D eigenvalue weighted by Gasteiger charge is 2.26. The fraction of sp³-hybridized carbons (Fsp3) is 0.533. The quantitative estimate of drug-likeness (QED) is 0.767. The molecule has 2 rings (SSSR count). The second-order valence-electron chi connectivity index (χ2n) is 4.82. The summed E-state index contributed by atoms with van der Waals surface area (Å²) < 4.78 is 18.0. The summed E-state index contributed by atoms with van der Waals surface area (Å²) >= 11 is 0. The first kappa shape index (κ1) is 14.0. The standard InChI is InChI=1S/C15H20FNO2/c1-2-19-15(18)11-14(17-9-3-4-10-17)12-5-7-13(16)8-6-12/h5-8,14H,2-4,9-11H2,1H3. The lowest BCUT2D eigenvalue weighted by Gasteiger charge is -2.27. The lowest BCUT2D eigenvalue weighted by atomic mass is 10.0. The molecule has 1 fully saturated rings. The molecule has 1 aromatic rings. The molecule has 0 saturated carbocycles. The summed E-state index contributed by atoms with van der Waals surface area (Å²) in [5.41, 5.74) is 0.983. The van der Waals surface area contributed by atoms with E-state index < -0.39 is 0 Å². The molecular weight excluding hydrogens is 245 g/mol. The number of hydrogen-bond acceptors (Lipinski definition) is 3. The zero-order valence-corrected chi connectivity index (χ0v) is 11.3. The van der Waals surface area contributed by atoms with Crippen LogP contribution in [0.5, 0.6) is 0 Å². The van der Waals surface area contributed by atoms with Crippen molar-refractivity contribution in [3.8, 4) is 0 Å². The summed E-state index contributed by atoms with van der Waals surface area (Å²) in [6.45, 7) is 4.18. The van der Waals surface area contributed by atoms with Gasteiger partial charge in [0.2, 0.25) is 0 Å². The molecule has 4 heteroatoms. The molecule has 19 heavy (non-hydrogen) atoms. The second kappa shape index (κ2) is 6.66. The van der Waals surface area contributed by atoms with Crippen molar-refractivity contribution in [2.75, 3.05) is 19.7 Å². The Bertz CT molecular complexity index is 413. The molecule has 1 saturated heterocycles. The van der Waals surface area contributed by atoms with E-state index in [-0.39, 0.29) is 17.8 Å². The fourth-order valence-corrected chi connectivity index (χ4v) is 2.57. The molecule has 3 nitrogen and oxygen atoms in total. The molecule has 1 aliphatic rings. The molecule has 1 unspecified atom stereocenters. The van der Waals surface area contributed by atoms with Crippen molar-refractivity contribution >= 4 is 5.97 Å². The van der Waals surface area contributed by atoms with E-state index in [0.29, 0.717) is 13.0 Å². The van der Waals surface area contributed by atoms with Crippen LogP contribution in [0.2, 0.25) is 0 Å². The highest BCUT2D eigenvalue weighted by Crippen LogP contribution is 2.28. The van der Waals surface area contributed by atoms with Crippen LogP contribution in [-0.4, -0.2) is 30.6 Å². The molecule has 0 aliphatic carbocycles. The van der Waals surface area contributed by atoms with Gasteiger partial charge in [0.1, 0.15) is 5.82 Å². The molecule has 1 heterocycles. The van der Waals surface area contributed by atoms with Crippen LogP contribution < -0.4 is 0 Å². The Kier molecular flexibility index (Phi) is 4.91. The van der Waals surface area contributed by atoms with Crippen LogP contribution >= 0.6 is 0 Å². The van der Waals surface area contributed by atoms with Crippen molar-refractivity contribution < 1.29 is 13.9 Å². The molecular formula is C15H20FNO2. The predicted octanol–water partition coefficient (Wildman–Crippen LogP) is 2.92. The number of rotatable bonds is 5. The monoisotopic (exact) mass is 265 g/mol. The predicted molar refractivity (Wildman–Crippen MR) is 71.2 cm³/mol. The number of esters is 1. The van der Waals surface area contributed by atoms with Gasteiger partial charge in [-0.25, -0.2) is 4.39 Å². The Hall–Kier alpha value is -1.42. The van der Waals surface area contributed by atoms with Gasteiger partial charge in [0.25, 0.3) is 0 Å². The van der Waals surface area contributed by atoms with E-state index in [2.05, 4.69) is 4.90 Å². The van der Waals surface area contributed by atoms with E-state index in [9.17, 15) is 9.18 Å². The van der Waals surface area contributed by atoms with Gasteiger partial charge >= 0.3 is 5.97 Å². The summed E-state index contributed by atoms with van der Waals surface area (Å²) in [6.07, 6.45) is 2.64. The van der Waals surface area contributed by atoms with Crippen molar-refractivity contribution in [3.63, 3.8) is 0 Å². The number of halogens is 1. The number of carbonyl (C=O) groups excluding carboxylic acids is 1. The van der Waals surface area contributed by atoms with Gasteiger partial charge in [-0.05, 0) is 50.6 Å². The maximum atomic E-state index is 13.0. The zero-order valence-electron chi connectivity index (χ0n) is 11.3. The van der Waals surface area contributed by atoms with E-state index >= 15 is 0 Å². The van der Waals surface area contributed by atoms with Crippen LogP contribution in [0.3, 0.4) is 0 Å². The summed E-state index contributed by atoms with van der Waals surface area (Å²) in [5.74, 6) is -0.441. The van der Waals surface area contributed by atoms with Gasteiger partial charge in [-0.15, -0.1) is 0 Å². The number of hydrogen-bond donors (Lipinski definition) is 0. The van der Waals surface area contributed by atoms with Gasteiger partial charge < -0.3 is 4.74 Å². The van der Waals surface area contributed by atoms with Gasteiger partial charge in [-0.1, -0.05) is 12.1 Å². The largest absolute Gasteiger partial charge is 0.466 e. The lowest BCUT2D eigenvalue weighted by molar-refractivity contribution is -0.144. The minimum atomic E-state index is -0.250. The Balaban J connectivity index is 2.13. The van der Waals surface area contributed by atoms with Crippen LogP contribution in [0.1, 0.15) is 37.8 Å². The van der Waals surface area contributed by atoms with Gasteiger partial charge in [0, 0.05) is 6.04 Å². The molecule has 1 aliphatic heterocycles. The first-order valence-corrected chi connectivity index (χ1v) is 6.86. The first-order valence-electron chi connectivity index (χ1n) is 6.86. The van der Waals surface area contributed by atoms with Crippen molar-refractivity contribution in [1.82, 2.24) is 4.90 Å². The molecule has 104 valence electrons. The second-order valence-corrected chi connectivity index (χ2v) is 4.82. The van der Waals surface area contributed by atoms with Crippen LogP contribution in [0.25, 0.3) is 0 Å². The minimum absolute atomic E-state index is 0.00199. The van der Waals surface area contributed by atoms with E-state index in [4.69, 9.17) is 4.74 Å². The Morgan fingerprint density at radius 3 is 2.53 bits per heavy atom. The highest BCUT2D eigenvalue weighted by molar-refractivity contribution is 5.70. The first-order chi connectivity index (χ1) is 9.20. The van der Waals surface area contributed by atoms with E-state index in [1.807, 2.05) is 0 Å². The van der Waals surface area contributed by atoms with Crippen LogP contribution in [-0.2, 0) is 9.53 Å². The van der Waals surface area contributed by atoms with Gasteiger partial charge in [0.15, 0.2) is 0 Å². The third-order valence-electron chi connectivity index (χ3n) is 3.50. The Morgan fingerprint density at radius 2 is 1.95 bits per heavy atom. The number of ether oxygens (including phenoxy) is 1. The van der Waals surface area contributed by atoms with Gasteiger partial charge in [0.05, 0.1) is 13.0 Å². The van der Waals surface area contributed by atoms with Gasteiger partial charge in [-0.3, -0.25) is 9.69 Å². The average Bonchev–Trinajstić information content (AvgIpc) is 2.91. The zero-order chi connectivity index (χ0) is 13.7. The molecule has 0 amide bonds. The Morgan fingerprint density at radius 1 is 1.32 bits per heavy atom. The topological polar surface area (TPSA) is 29.5 Å². The molecule has 0 aromatic heterocycles. The van der Waals surface area contributed by atoms with Crippen LogP contribution in [0.4, 0.5) is 4.39 Å². The van der Waals surface area contributed by atoms with Crippen molar-refractivity contribution in [1.29, 1.82) is 0 Å². The summed E-state index contributed by atoms with van der Waals surface area (Å²) in [7, 11) is 0. The van der Waals surface area contributed by atoms with Crippen LogP contribution in [0.15, 0.2) is 24.3 Å². The molecule has 0 radical (unpaired) electrons. The van der Waals surface area contributed by atoms with E-state index in [1.54, 1.807) is 19.1 Å². The molecule has 0 N–H and O–H groups in total. The highest BCUT2D eigenvalue weighted by atomic mass is 19.1. The lowest BCUT2D eigenvalue weighted by Crippen LogP contribution is -2.28. The molecule has 0 bridgehead atoms. The van der Waals surface area contributed by atoms with Crippen molar-refractivity contribution in [3.05, 3.63) is 35.6 Å². The molecule has 1 atom stereocenters. The van der Waals surface area contributed by atoms with Crippen molar-refractivity contribution in [2.45, 2.75) is 32.2 Å². The third kappa shape index (κ3) is 3.77. The SMILES string of the molecule is CCOC(=O)CC(c1ccc(F)cc1)N1CCCC1. The normalized spacial score (nSPS) is 17.4. The number of carbonyl (C=O) groups is 1. The van der Waals surface area contributed by atoms with Crippen LogP contribution in [0, 0.1) is 5.82 Å². The number of likely N-dealkylation sites (tertiary alicyclic amines) is 1. The number of nitrogens with zero attached hydrogens (tertiary/aromatic N) is 1. The minimum Gasteiger partial charge on any atom is -0.466 e. The van der Waals surface area contributed by atoms with E-state index in [1.165, 1.54) is 12.1 Å². The summed E-state index contributed by atoms with van der Waals surface area (Å²) in [5, 5.41) is 0. The maximum Gasteiger partial charge on any atom is 0.307 e. The van der Waals surface area contributed by atoms with Crippen molar-refractivity contribution in [2.24, 2.45) is 0 Å². The average molecular weight is 265 g/mol. The summed E-state index contributed by atoms with van der Waals surface area (Å²) in [4.78, 5) is 14.0. The van der Waals surface area contributed by atoms with Gasteiger partial charge in [-0.2, -0.15) is 0 Å². The molecule has 1 aromatic carbocycles. The Labute approximate surface area is 113 Å². The summed E-state index contributed by atoms with van der Waals surface area (Å²) in [6, 6.07) is 6.42. The maximum absolute atomic E-state index is 13.0. The number of benzene rings is 1. The fourth-order valence-electron chi connectivity index (χ4n) is 2.57. The molecule has 0 spiro atoms. The van der Waals surface area contributed by atoms with E-state index in [0.717, 1.165) is 31.5 Å². The third-order valence-corrected chi connectivity index (χ3v) is 3.50. The smallest absolute Gasteiger partial charge is 0.307 e.